The summed E-state index contributed by atoms with van der Waals surface area (Å²) in [6, 6.07) is 15.3. The van der Waals surface area contributed by atoms with Crippen LogP contribution < -0.4 is 11.2 Å². The third-order valence-electron chi connectivity index (χ3n) is 4.89. The number of hydrogen-bond donors (Lipinski definition) is 2. The van der Waals surface area contributed by atoms with Crippen molar-refractivity contribution in [3.8, 4) is 17.1 Å². The van der Waals surface area contributed by atoms with Crippen LogP contribution in [-0.4, -0.2) is 33.6 Å². The summed E-state index contributed by atoms with van der Waals surface area (Å²) >= 11 is 6.04. The molecule has 2 aromatic carbocycles. The summed E-state index contributed by atoms with van der Waals surface area (Å²) in [7, 11) is 0. The first-order valence-corrected chi connectivity index (χ1v) is 9.73. The van der Waals surface area contributed by atoms with Crippen molar-refractivity contribution in [3.05, 3.63) is 71.0 Å². The first-order valence-electron chi connectivity index (χ1n) is 9.35. The fourth-order valence-electron chi connectivity index (χ4n) is 3.42. The van der Waals surface area contributed by atoms with Gasteiger partial charge in [0.15, 0.2) is 0 Å². The topological polar surface area (TPSA) is 76.2 Å². The van der Waals surface area contributed by atoms with E-state index in [9.17, 15) is 4.79 Å². The zero-order chi connectivity index (χ0) is 19.5. The molecule has 1 aromatic heterocycles. The van der Waals surface area contributed by atoms with Crippen LogP contribution in [0.4, 0.5) is 0 Å². The molecule has 0 radical (unpaired) electrons. The zero-order valence-electron chi connectivity index (χ0n) is 15.4. The Kier molecular flexibility index (Phi) is 5.43. The molecule has 1 aliphatic rings. The Hall–Kier alpha value is -2.67. The van der Waals surface area contributed by atoms with Gasteiger partial charge in [-0.2, -0.15) is 0 Å². The standard InChI is InChI=1S/C21H22ClN5O/c22-16-7-9-17(10-8-16)27-14-19(21(28)25-26-11-3-4-12-26)24-20(27)18-6-2-1-5-15(18)13-23/h1-2,5-10,14H,3-4,11-13,23H2,(H,25,28). The maximum Gasteiger partial charge on any atom is 0.285 e. The van der Waals surface area contributed by atoms with Gasteiger partial charge < -0.3 is 5.73 Å². The van der Waals surface area contributed by atoms with Crippen molar-refractivity contribution in [1.29, 1.82) is 0 Å². The number of halogens is 1. The van der Waals surface area contributed by atoms with Crippen LogP contribution in [0.2, 0.25) is 5.02 Å². The predicted octanol–water partition coefficient (Wildman–Crippen LogP) is 3.39. The number of carbonyl (C=O) groups is 1. The van der Waals surface area contributed by atoms with Crippen molar-refractivity contribution in [2.24, 2.45) is 5.73 Å². The monoisotopic (exact) mass is 395 g/mol. The lowest BCUT2D eigenvalue weighted by molar-refractivity contribution is 0.0821. The van der Waals surface area contributed by atoms with Gasteiger partial charge >= 0.3 is 0 Å². The number of hydrogen-bond acceptors (Lipinski definition) is 4. The minimum absolute atomic E-state index is 0.207. The minimum atomic E-state index is -0.207. The Labute approximate surface area is 168 Å². The number of carbonyl (C=O) groups excluding carboxylic acids is 1. The van der Waals surface area contributed by atoms with Crippen LogP contribution in [0, 0.1) is 0 Å². The minimum Gasteiger partial charge on any atom is -0.326 e. The van der Waals surface area contributed by atoms with E-state index in [1.54, 1.807) is 6.20 Å². The van der Waals surface area contributed by atoms with E-state index in [1.165, 1.54) is 0 Å². The average Bonchev–Trinajstić information content (AvgIpc) is 3.38. The van der Waals surface area contributed by atoms with Crippen molar-refractivity contribution in [1.82, 2.24) is 20.0 Å². The van der Waals surface area contributed by atoms with E-state index >= 15 is 0 Å². The Balaban J connectivity index is 1.77. The molecule has 4 rings (SSSR count). The SMILES string of the molecule is NCc1ccccc1-c1nc(C(=O)NN2CCCC2)cn1-c1ccc(Cl)cc1. The Morgan fingerprint density at radius 1 is 1.11 bits per heavy atom. The van der Waals surface area contributed by atoms with E-state index in [0.29, 0.717) is 23.1 Å². The molecule has 7 heteroatoms. The molecule has 6 nitrogen and oxygen atoms in total. The van der Waals surface area contributed by atoms with Crippen LogP contribution in [0.1, 0.15) is 28.9 Å². The quantitative estimate of drug-likeness (QED) is 0.694. The molecule has 0 aliphatic carbocycles. The fourth-order valence-corrected chi connectivity index (χ4v) is 3.55. The van der Waals surface area contributed by atoms with Crippen LogP contribution in [0.5, 0.6) is 0 Å². The molecule has 0 saturated carbocycles. The predicted molar refractivity (Wildman–Crippen MR) is 110 cm³/mol. The second kappa shape index (κ2) is 8.14. The number of nitrogens with one attached hydrogen (secondary N) is 1. The number of benzene rings is 2. The second-order valence-electron chi connectivity index (χ2n) is 6.79. The van der Waals surface area contributed by atoms with Gasteiger partial charge in [0.25, 0.3) is 5.91 Å². The molecule has 28 heavy (non-hydrogen) atoms. The summed E-state index contributed by atoms with van der Waals surface area (Å²) in [6.07, 6.45) is 3.94. The molecule has 0 atom stereocenters. The molecule has 0 unspecified atom stereocenters. The number of imidazole rings is 1. The highest BCUT2D eigenvalue weighted by Gasteiger charge is 2.21. The van der Waals surface area contributed by atoms with Gasteiger partial charge in [0.2, 0.25) is 0 Å². The molecule has 3 aromatic rings. The summed E-state index contributed by atoms with van der Waals surface area (Å²) in [4.78, 5) is 17.4. The molecule has 1 amide bonds. The van der Waals surface area contributed by atoms with Gasteiger partial charge in [-0.15, -0.1) is 0 Å². The van der Waals surface area contributed by atoms with Gasteiger partial charge in [0.05, 0.1) is 0 Å². The number of aromatic nitrogens is 2. The van der Waals surface area contributed by atoms with Crippen LogP contribution in [0.15, 0.2) is 54.7 Å². The molecule has 2 heterocycles. The third-order valence-corrected chi connectivity index (χ3v) is 5.14. The maximum atomic E-state index is 12.8. The highest BCUT2D eigenvalue weighted by molar-refractivity contribution is 6.30. The Bertz CT molecular complexity index is 977. The van der Waals surface area contributed by atoms with Crippen LogP contribution in [0.3, 0.4) is 0 Å². The fraction of sp³-hybridized carbons (Fsp3) is 0.238. The maximum absolute atomic E-state index is 12.8. The second-order valence-corrected chi connectivity index (χ2v) is 7.23. The van der Waals surface area contributed by atoms with E-state index in [0.717, 1.165) is 42.7 Å². The molecule has 1 saturated heterocycles. The number of nitrogens with zero attached hydrogens (tertiary/aromatic N) is 3. The van der Waals surface area contributed by atoms with E-state index in [-0.39, 0.29) is 5.91 Å². The summed E-state index contributed by atoms with van der Waals surface area (Å²) in [5.41, 5.74) is 12.0. The first kappa shape index (κ1) is 18.7. The molecular weight excluding hydrogens is 374 g/mol. The molecule has 144 valence electrons. The smallest absolute Gasteiger partial charge is 0.285 e. The van der Waals surface area contributed by atoms with Crippen molar-refractivity contribution in [2.75, 3.05) is 13.1 Å². The number of hydrazine groups is 1. The zero-order valence-corrected chi connectivity index (χ0v) is 16.2. The molecule has 0 spiro atoms. The number of rotatable bonds is 5. The molecular formula is C21H22ClN5O. The average molecular weight is 396 g/mol. The van der Waals surface area contributed by atoms with Crippen molar-refractivity contribution < 1.29 is 4.79 Å². The summed E-state index contributed by atoms with van der Waals surface area (Å²) in [5, 5.41) is 2.59. The highest BCUT2D eigenvalue weighted by atomic mass is 35.5. The molecule has 1 fully saturated rings. The van der Waals surface area contributed by atoms with Gasteiger partial charge in [-0.25, -0.2) is 9.99 Å². The van der Waals surface area contributed by atoms with Crippen LogP contribution >= 0.6 is 11.6 Å². The van der Waals surface area contributed by atoms with Gasteiger partial charge in [-0.1, -0.05) is 35.9 Å². The summed E-state index contributed by atoms with van der Waals surface area (Å²) < 4.78 is 1.91. The molecule has 3 N–H and O–H groups in total. The lowest BCUT2D eigenvalue weighted by Gasteiger charge is -2.14. The first-order chi connectivity index (χ1) is 13.7. The van der Waals surface area contributed by atoms with Gasteiger partial charge in [-0.05, 0) is 42.7 Å². The molecule has 1 aliphatic heterocycles. The lowest BCUT2D eigenvalue weighted by atomic mass is 10.1. The highest BCUT2D eigenvalue weighted by Crippen LogP contribution is 2.27. The summed E-state index contributed by atoms with van der Waals surface area (Å²) in [5.74, 6) is 0.469. The van der Waals surface area contributed by atoms with Gasteiger partial charge in [0.1, 0.15) is 11.5 Å². The van der Waals surface area contributed by atoms with Crippen molar-refractivity contribution in [3.63, 3.8) is 0 Å². The van der Waals surface area contributed by atoms with Gasteiger partial charge in [0, 0.05) is 42.1 Å². The van der Waals surface area contributed by atoms with Crippen LogP contribution in [0.25, 0.3) is 17.1 Å². The van der Waals surface area contributed by atoms with Crippen molar-refractivity contribution in [2.45, 2.75) is 19.4 Å². The normalized spacial score (nSPS) is 14.4. The van der Waals surface area contributed by atoms with Gasteiger partial charge in [-0.3, -0.25) is 14.8 Å². The van der Waals surface area contributed by atoms with E-state index in [1.807, 2.05) is 58.1 Å². The van der Waals surface area contributed by atoms with E-state index in [2.05, 4.69) is 10.4 Å². The summed E-state index contributed by atoms with van der Waals surface area (Å²) in [6.45, 7) is 2.12. The Morgan fingerprint density at radius 2 is 1.82 bits per heavy atom. The number of amides is 1. The Morgan fingerprint density at radius 3 is 2.54 bits per heavy atom. The van der Waals surface area contributed by atoms with E-state index in [4.69, 9.17) is 17.3 Å². The van der Waals surface area contributed by atoms with E-state index < -0.39 is 0 Å². The third kappa shape index (κ3) is 3.80. The largest absolute Gasteiger partial charge is 0.326 e. The molecule has 0 bridgehead atoms. The van der Waals surface area contributed by atoms with Crippen LogP contribution in [-0.2, 0) is 6.54 Å². The number of nitrogens with two attached hydrogens (primary N) is 1. The van der Waals surface area contributed by atoms with Crippen molar-refractivity contribution >= 4 is 17.5 Å². The lowest BCUT2D eigenvalue weighted by Crippen LogP contribution is -2.40.